The van der Waals surface area contributed by atoms with E-state index >= 15 is 0 Å². The molecule has 0 unspecified atom stereocenters. The highest BCUT2D eigenvalue weighted by Gasteiger charge is 2.11. The first-order valence-electron chi connectivity index (χ1n) is 8.92. The Hall–Kier alpha value is -3.74. The number of carbonyl (C=O) groups excluding carboxylic acids is 1. The van der Waals surface area contributed by atoms with Crippen molar-refractivity contribution in [1.29, 1.82) is 0 Å². The van der Waals surface area contributed by atoms with Crippen LogP contribution in [0.15, 0.2) is 75.9 Å². The molecule has 0 bridgehead atoms. The van der Waals surface area contributed by atoms with Gasteiger partial charge in [-0.3, -0.25) is 9.78 Å². The lowest BCUT2D eigenvalue weighted by Crippen LogP contribution is -2.23. The fraction of sp³-hybridized carbons (Fsp3) is 0.143. The maximum atomic E-state index is 12.1. The van der Waals surface area contributed by atoms with Crippen molar-refractivity contribution in [2.24, 2.45) is 0 Å². The predicted octanol–water partition coefficient (Wildman–Crippen LogP) is 3.64. The van der Waals surface area contributed by atoms with E-state index in [1.54, 1.807) is 24.5 Å². The highest BCUT2D eigenvalue weighted by atomic mass is 16.5. The Bertz CT molecular complexity index is 958. The molecule has 1 amide bonds. The fourth-order valence-electron chi connectivity index (χ4n) is 2.71. The maximum Gasteiger partial charge on any atom is 0.246 e. The molecule has 4 aromatic rings. The predicted molar refractivity (Wildman–Crippen MR) is 102 cm³/mol. The first kappa shape index (κ1) is 17.7. The average molecular weight is 374 g/mol. The lowest BCUT2D eigenvalue weighted by Gasteiger charge is -2.01. The summed E-state index contributed by atoms with van der Waals surface area (Å²) in [4.78, 5) is 20.3. The number of aryl methyl sites for hydroxylation is 1. The van der Waals surface area contributed by atoms with E-state index in [4.69, 9.17) is 8.94 Å². The van der Waals surface area contributed by atoms with E-state index in [1.807, 2.05) is 42.5 Å². The lowest BCUT2D eigenvalue weighted by atomic mass is 10.2. The van der Waals surface area contributed by atoms with Crippen molar-refractivity contribution >= 4 is 5.91 Å². The summed E-state index contributed by atoms with van der Waals surface area (Å²) in [6, 6.07) is 17.3. The van der Waals surface area contributed by atoms with Crippen molar-refractivity contribution < 1.29 is 13.7 Å². The smallest absolute Gasteiger partial charge is 0.246 e. The van der Waals surface area contributed by atoms with Gasteiger partial charge >= 0.3 is 0 Å². The van der Waals surface area contributed by atoms with E-state index in [0.717, 1.165) is 22.6 Å². The summed E-state index contributed by atoms with van der Waals surface area (Å²) < 4.78 is 11.0. The minimum Gasteiger partial charge on any atom is -0.461 e. The third-order valence-corrected chi connectivity index (χ3v) is 4.16. The van der Waals surface area contributed by atoms with Crippen molar-refractivity contribution in [2.75, 3.05) is 0 Å². The zero-order valence-electron chi connectivity index (χ0n) is 15.0. The van der Waals surface area contributed by atoms with Crippen LogP contribution in [0.1, 0.15) is 18.1 Å². The second-order valence-corrected chi connectivity index (χ2v) is 6.16. The van der Waals surface area contributed by atoms with Gasteiger partial charge in [-0.05, 0) is 24.3 Å². The number of nitrogens with one attached hydrogen (secondary N) is 1. The molecule has 1 aromatic carbocycles. The van der Waals surface area contributed by atoms with Gasteiger partial charge in [0, 0.05) is 36.4 Å². The first-order valence-corrected chi connectivity index (χ1v) is 8.92. The average Bonchev–Trinajstić information content (AvgIpc) is 3.42. The molecule has 3 aromatic heterocycles. The van der Waals surface area contributed by atoms with Crippen LogP contribution in [0.25, 0.3) is 22.7 Å². The van der Waals surface area contributed by atoms with Gasteiger partial charge in [-0.15, -0.1) is 0 Å². The summed E-state index contributed by atoms with van der Waals surface area (Å²) in [5, 5.41) is 6.69. The van der Waals surface area contributed by atoms with E-state index in [-0.39, 0.29) is 12.5 Å². The van der Waals surface area contributed by atoms with E-state index < -0.39 is 0 Å². The Morgan fingerprint density at radius 1 is 0.964 bits per heavy atom. The number of hydrogen-bond acceptors (Lipinski definition) is 6. The fourth-order valence-corrected chi connectivity index (χ4v) is 2.71. The summed E-state index contributed by atoms with van der Waals surface area (Å²) in [5.74, 6) is 2.28. The number of pyridine rings is 1. The number of furan rings is 1. The molecule has 0 aliphatic carbocycles. The molecule has 140 valence electrons. The van der Waals surface area contributed by atoms with E-state index in [1.165, 1.54) is 0 Å². The molecule has 0 aliphatic rings. The largest absolute Gasteiger partial charge is 0.461 e. The Morgan fingerprint density at radius 2 is 1.79 bits per heavy atom. The zero-order chi connectivity index (χ0) is 19.2. The van der Waals surface area contributed by atoms with Gasteiger partial charge in [0.15, 0.2) is 0 Å². The van der Waals surface area contributed by atoms with E-state index in [9.17, 15) is 4.79 Å². The number of hydrogen-bond donors (Lipinski definition) is 1. The van der Waals surface area contributed by atoms with Crippen LogP contribution in [-0.4, -0.2) is 21.0 Å². The third kappa shape index (κ3) is 4.32. The second kappa shape index (κ2) is 8.30. The van der Waals surface area contributed by atoms with Crippen molar-refractivity contribution in [1.82, 2.24) is 20.4 Å². The van der Waals surface area contributed by atoms with Crippen molar-refractivity contribution in [3.63, 3.8) is 0 Å². The number of carbonyl (C=O) groups is 1. The Kier molecular flexibility index (Phi) is 5.24. The third-order valence-electron chi connectivity index (χ3n) is 4.16. The standard InChI is InChI=1S/C21H18N4O3/c26-19(9-7-17-6-8-18(27-17)15-4-2-1-3-5-15)23-14-20-24-21(25-28-20)16-10-12-22-13-11-16/h1-6,8,10-13H,7,9,14H2,(H,23,26). The first-order chi connectivity index (χ1) is 13.8. The molecule has 28 heavy (non-hydrogen) atoms. The Balaban J connectivity index is 1.26. The molecule has 0 saturated heterocycles. The molecule has 0 radical (unpaired) electrons. The minimum absolute atomic E-state index is 0.110. The number of benzene rings is 1. The molecule has 0 spiro atoms. The summed E-state index contributed by atoms with van der Waals surface area (Å²) in [6.07, 6.45) is 4.15. The lowest BCUT2D eigenvalue weighted by molar-refractivity contribution is -0.121. The number of aromatic nitrogens is 3. The topological polar surface area (TPSA) is 94.1 Å². The molecule has 0 fully saturated rings. The molecule has 0 atom stereocenters. The molecule has 0 saturated carbocycles. The minimum atomic E-state index is -0.110. The Labute approximate surface area is 161 Å². The van der Waals surface area contributed by atoms with Crippen LogP contribution in [0.2, 0.25) is 0 Å². The van der Waals surface area contributed by atoms with Crippen LogP contribution in [0.4, 0.5) is 0 Å². The van der Waals surface area contributed by atoms with Gasteiger partial charge in [0.2, 0.25) is 17.6 Å². The Morgan fingerprint density at radius 3 is 2.61 bits per heavy atom. The van der Waals surface area contributed by atoms with Gasteiger partial charge in [-0.1, -0.05) is 35.5 Å². The van der Waals surface area contributed by atoms with Gasteiger partial charge in [0.25, 0.3) is 0 Å². The number of nitrogens with zero attached hydrogens (tertiary/aromatic N) is 3. The van der Waals surface area contributed by atoms with Gasteiger partial charge in [0.1, 0.15) is 11.5 Å². The van der Waals surface area contributed by atoms with E-state index in [0.29, 0.717) is 24.6 Å². The molecular formula is C21H18N4O3. The van der Waals surface area contributed by atoms with Crippen LogP contribution in [0.3, 0.4) is 0 Å². The number of amides is 1. The van der Waals surface area contributed by atoms with Crippen LogP contribution in [-0.2, 0) is 17.8 Å². The SMILES string of the molecule is O=C(CCc1ccc(-c2ccccc2)o1)NCc1nc(-c2ccncc2)no1. The monoisotopic (exact) mass is 374 g/mol. The second-order valence-electron chi connectivity index (χ2n) is 6.16. The van der Waals surface area contributed by atoms with Gasteiger partial charge in [0.05, 0.1) is 6.54 Å². The van der Waals surface area contributed by atoms with Crippen LogP contribution >= 0.6 is 0 Å². The summed E-state index contributed by atoms with van der Waals surface area (Å²) in [6.45, 7) is 0.185. The van der Waals surface area contributed by atoms with Crippen LogP contribution in [0.5, 0.6) is 0 Å². The molecule has 7 nitrogen and oxygen atoms in total. The molecular weight excluding hydrogens is 356 g/mol. The van der Waals surface area contributed by atoms with Crippen molar-refractivity contribution in [3.8, 4) is 22.7 Å². The van der Waals surface area contributed by atoms with Gasteiger partial charge < -0.3 is 14.3 Å². The highest BCUT2D eigenvalue weighted by molar-refractivity contribution is 5.76. The van der Waals surface area contributed by atoms with Gasteiger partial charge in [-0.25, -0.2) is 0 Å². The van der Waals surface area contributed by atoms with Crippen LogP contribution in [0, 0.1) is 0 Å². The molecule has 1 N–H and O–H groups in total. The summed E-state index contributed by atoms with van der Waals surface area (Å²) in [5.41, 5.74) is 1.82. The molecule has 4 rings (SSSR count). The van der Waals surface area contributed by atoms with E-state index in [2.05, 4.69) is 20.4 Å². The van der Waals surface area contributed by atoms with Gasteiger partial charge in [-0.2, -0.15) is 4.98 Å². The summed E-state index contributed by atoms with van der Waals surface area (Å²) in [7, 11) is 0. The number of rotatable bonds is 7. The molecule has 3 heterocycles. The van der Waals surface area contributed by atoms with Crippen molar-refractivity contribution in [3.05, 3.63) is 78.6 Å². The maximum absolute atomic E-state index is 12.1. The van der Waals surface area contributed by atoms with Crippen molar-refractivity contribution in [2.45, 2.75) is 19.4 Å². The summed E-state index contributed by atoms with van der Waals surface area (Å²) >= 11 is 0. The normalized spacial score (nSPS) is 10.7. The zero-order valence-corrected chi connectivity index (χ0v) is 15.0. The molecule has 7 heteroatoms. The highest BCUT2D eigenvalue weighted by Crippen LogP contribution is 2.22. The van der Waals surface area contributed by atoms with Crippen LogP contribution < -0.4 is 5.32 Å². The quantitative estimate of drug-likeness (QED) is 0.531. The molecule has 0 aliphatic heterocycles.